The van der Waals surface area contributed by atoms with E-state index in [1.54, 1.807) is 11.3 Å². The van der Waals surface area contributed by atoms with Crippen LogP contribution in [0.5, 0.6) is 0 Å². The minimum Gasteiger partial charge on any atom is -0.456 e. The highest BCUT2D eigenvalue weighted by atomic mass is 32.1. The van der Waals surface area contributed by atoms with E-state index in [-0.39, 0.29) is 12.5 Å². The molecule has 2 heterocycles. The third kappa shape index (κ3) is 4.06. The van der Waals surface area contributed by atoms with Crippen LogP contribution in [0, 0.1) is 17.2 Å². The SMILES string of the molecule is CC(C)C[C@H](Nc1cscc1-c1cc2ccccc2o1)C(=O)NCC#N. The molecule has 1 aromatic carbocycles. The van der Waals surface area contributed by atoms with Crippen molar-refractivity contribution in [1.29, 1.82) is 5.26 Å². The fourth-order valence-electron chi connectivity index (χ4n) is 2.85. The molecule has 0 unspecified atom stereocenters. The maximum Gasteiger partial charge on any atom is 0.243 e. The molecule has 0 aliphatic carbocycles. The summed E-state index contributed by atoms with van der Waals surface area (Å²) in [7, 11) is 0. The number of amides is 1. The Balaban J connectivity index is 1.85. The van der Waals surface area contributed by atoms with Crippen LogP contribution in [0.4, 0.5) is 5.69 Å². The maximum atomic E-state index is 12.4. The van der Waals surface area contributed by atoms with Gasteiger partial charge in [-0.15, -0.1) is 11.3 Å². The zero-order valence-electron chi connectivity index (χ0n) is 14.8. The van der Waals surface area contributed by atoms with Crippen molar-refractivity contribution in [3.8, 4) is 17.4 Å². The lowest BCUT2D eigenvalue weighted by Gasteiger charge is -2.20. The Bertz CT molecular complexity index is 903. The van der Waals surface area contributed by atoms with E-state index in [4.69, 9.17) is 9.68 Å². The van der Waals surface area contributed by atoms with Crippen molar-refractivity contribution in [2.75, 3.05) is 11.9 Å². The van der Waals surface area contributed by atoms with E-state index in [0.717, 1.165) is 28.0 Å². The van der Waals surface area contributed by atoms with E-state index < -0.39 is 6.04 Å². The molecule has 0 aliphatic rings. The predicted octanol–water partition coefficient (Wildman–Crippen LogP) is 4.63. The van der Waals surface area contributed by atoms with Crippen molar-refractivity contribution in [2.45, 2.75) is 26.3 Å². The number of hydrogen-bond acceptors (Lipinski definition) is 5. The lowest BCUT2D eigenvalue weighted by Crippen LogP contribution is -2.40. The van der Waals surface area contributed by atoms with Crippen LogP contribution >= 0.6 is 11.3 Å². The number of para-hydroxylation sites is 1. The van der Waals surface area contributed by atoms with Gasteiger partial charge in [0.2, 0.25) is 5.91 Å². The van der Waals surface area contributed by atoms with Crippen molar-refractivity contribution in [3.05, 3.63) is 41.1 Å². The molecule has 1 amide bonds. The van der Waals surface area contributed by atoms with Crippen LogP contribution in [0.2, 0.25) is 0 Å². The zero-order chi connectivity index (χ0) is 18.5. The number of nitrogens with one attached hydrogen (secondary N) is 2. The van der Waals surface area contributed by atoms with Gasteiger partial charge in [0.1, 0.15) is 23.9 Å². The molecule has 1 atom stereocenters. The van der Waals surface area contributed by atoms with E-state index in [1.165, 1.54) is 0 Å². The van der Waals surface area contributed by atoms with Gasteiger partial charge < -0.3 is 15.1 Å². The third-order valence-electron chi connectivity index (χ3n) is 4.05. The van der Waals surface area contributed by atoms with E-state index in [2.05, 4.69) is 24.5 Å². The normalized spacial score (nSPS) is 12.1. The molecule has 0 bridgehead atoms. The van der Waals surface area contributed by atoms with Crippen LogP contribution in [0.3, 0.4) is 0 Å². The number of benzene rings is 1. The van der Waals surface area contributed by atoms with Crippen LogP contribution < -0.4 is 10.6 Å². The summed E-state index contributed by atoms with van der Waals surface area (Å²) >= 11 is 1.55. The first kappa shape index (κ1) is 18.0. The fraction of sp³-hybridized carbons (Fsp3) is 0.300. The average molecular weight is 367 g/mol. The summed E-state index contributed by atoms with van der Waals surface area (Å²) in [5.41, 5.74) is 2.64. The molecule has 0 saturated heterocycles. The van der Waals surface area contributed by atoms with Gasteiger partial charge in [0.05, 0.1) is 17.3 Å². The van der Waals surface area contributed by atoms with Gasteiger partial charge in [-0.1, -0.05) is 32.0 Å². The van der Waals surface area contributed by atoms with Crippen molar-refractivity contribution in [2.24, 2.45) is 5.92 Å². The molecular weight excluding hydrogens is 346 g/mol. The molecule has 26 heavy (non-hydrogen) atoms. The highest BCUT2D eigenvalue weighted by molar-refractivity contribution is 7.08. The maximum absolute atomic E-state index is 12.4. The highest BCUT2D eigenvalue weighted by Gasteiger charge is 2.22. The van der Waals surface area contributed by atoms with Gasteiger partial charge in [0.25, 0.3) is 0 Å². The molecule has 0 aliphatic heterocycles. The molecular formula is C20H21N3O2S. The van der Waals surface area contributed by atoms with E-state index in [1.807, 2.05) is 47.2 Å². The second kappa shape index (κ2) is 8.07. The van der Waals surface area contributed by atoms with Gasteiger partial charge in [-0.2, -0.15) is 5.26 Å². The smallest absolute Gasteiger partial charge is 0.243 e. The highest BCUT2D eigenvalue weighted by Crippen LogP contribution is 2.36. The molecule has 3 rings (SSSR count). The summed E-state index contributed by atoms with van der Waals surface area (Å²) < 4.78 is 5.96. The van der Waals surface area contributed by atoms with Gasteiger partial charge in [0, 0.05) is 16.1 Å². The Kier molecular flexibility index (Phi) is 5.59. The molecule has 3 aromatic rings. The first-order valence-electron chi connectivity index (χ1n) is 8.55. The number of furan rings is 1. The van der Waals surface area contributed by atoms with E-state index in [0.29, 0.717) is 12.3 Å². The van der Waals surface area contributed by atoms with Gasteiger partial charge in [-0.3, -0.25) is 4.79 Å². The summed E-state index contributed by atoms with van der Waals surface area (Å²) in [5.74, 6) is 0.950. The van der Waals surface area contributed by atoms with E-state index in [9.17, 15) is 4.79 Å². The second-order valence-corrected chi connectivity index (χ2v) is 7.29. The number of thiophene rings is 1. The molecule has 0 spiro atoms. The zero-order valence-corrected chi connectivity index (χ0v) is 15.6. The number of carbonyl (C=O) groups excluding carboxylic acids is 1. The Morgan fingerprint density at radius 3 is 2.85 bits per heavy atom. The van der Waals surface area contributed by atoms with Crippen LogP contribution in [0.15, 0.2) is 45.5 Å². The molecule has 134 valence electrons. The molecule has 0 radical (unpaired) electrons. The van der Waals surface area contributed by atoms with Crippen LogP contribution in [-0.2, 0) is 4.79 Å². The lowest BCUT2D eigenvalue weighted by atomic mass is 10.0. The molecule has 6 heteroatoms. The molecule has 0 saturated carbocycles. The summed E-state index contributed by atoms with van der Waals surface area (Å²) in [6, 6.07) is 11.4. The summed E-state index contributed by atoms with van der Waals surface area (Å²) in [6.45, 7) is 4.15. The molecule has 5 nitrogen and oxygen atoms in total. The number of nitriles is 1. The van der Waals surface area contributed by atoms with Gasteiger partial charge in [-0.05, 0) is 24.5 Å². The van der Waals surface area contributed by atoms with E-state index >= 15 is 0 Å². The van der Waals surface area contributed by atoms with Gasteiger partial charge >= 0.3 is 0 Å². The molecule has 2 N–H and O–H groups in total. The quantitative estimate of drug-likeness (QED) is 0.597. The second-order valence-electron chi connectivity index (χ2n) is 6.55. The Labute approximate surface area is 156 Å². The van der Waals surface area contributed by atoms with Gasteiger partial charge in [0.15, 0.2) is 0 Å². The number of rotatable bonds is 7. The third-order valence-corrected chi connectivity index (χ3v) is 4.79. The standard InChI is InChI=1S/C20H21N3O2S/c1-13(2)9-16(20(24)22-8-7-21)23-17-12-26-11-15(17)19-10-14-5-3-4-6-18(14)25-19/h3-6,10-13,16,23H,8-9H2,1-2H3,(H,22,24)/t16-/m0/s1. The molecule has 0 fully saturated rings. The molecule has 2 aromatic heterocycles. The topological polar surface area (TPSA) is 78.1 Å². The summed E-state index contributed by atoms with van der Waals surface area (Å²) in [4.78, 5) is 12.4. The summed E-state index contributed by atoms with van der Waals surface area (Å²) in [5, 5.41) is 19.7. The Hall–Kier alpha value is -2.78. The minimum atomic E-state index is -0.402. The largest absolute Gasteiger partial charge is 0.456 e. The predicted molar refractivity (Wildman–Crippen MR) is 105 cm³/mol. The Morgan fingerprint density at radius 2 is 2.12 bits per heavy atom. The summed E-state index contributed by atoms with van der Waals surface area (Å²) in [6.07, 6.45) is 0.673. The van der Waals surface area contributed by atoms with Crippen molar-refractivity contribution >= 4 is 33.9 Å². The van der Waals surface area contributed by atoms with Crippen LogP contribution in [-0.4, -0.2) is 18.5 Å². The van der Waals surface area contributed by atoms with Crippen molar-refractivity contribution in [3.63, 3.8) is 0 Å². The monoisotopic (exact) mass is 367 g/mol. The van der Waals surface area contributed by atoms with Crippen LogP contribution in [0.25, 0.3) is 22.3 Å². The van der Waals surface area contributed by atoms with Crippen molar-refractivity contribution < 1.29 is 9.21 Å². The van der Waals surface area contributed by atoms with Gasteiger partial charge in [-0.25, -0.2) is 0 Å². The minimum absolute atomic E-state index is 0.00910. The Morgan fingerprint density at radius 1 is 1.31 bits per heavy atom. The number of anilines is 1. The lowest BCUT2D eigenvalue weighted by molar-refractivity contribution is -0.121. The van der Waals surface area contributed by atoms with Crippen molar-refractivity contribution in [1.82, 2.24) is 5.32 Å². The van der Waals surface area contributed by atoms with Crippen LogP contribution in [0.1, 0.15) is 20.3 Å². The first-order valence-corrected chi connectivity index (χ1v) is 9.49. The number of hydrogen-bond donors (Lipinski definition) is 2. The number of nitrogens with zero attached hydrogens (tertiary/aromatic N) is 1. The number of fused-ring (bicyclic) bond motifs is 1. The fourth-order valence-corrected chi connectivity index (χ4v) is 3.63. The first-order chi connectivity index (χ1) is 12.6. The average Bonchev–Trinajstić information content (AvgIpc) is 3.24. The number of carbonyl (C=O) groups is 1.